The molecule has 2 unspecified atom stereocenters. The first kappa shape index (κ1) is 15.6. The fourth-order valence-electron chi connectivity index (χ4n) is 0.383. The molecule has 86 valence electrons. The van der Waals surface area contributed by atoms with Crippen molar-refractivity contribution in [2.45, 2.75) is 32.7 Å². The fraction of sp³-hybridized carbons (Fsp3) is 0.833. The minimum absolute atomic E-state index is 0.625. The van der Waals surface area contributed by atoms with Crippen molar-refractivity contribution in [2.75, 3.05) is 0 Å². The van der Waals surface area contributed by atoms with E-state index < -0.39 is 24.9 Å². The number of hydrogen-bond donors (Lipinski definition) is 3. The molecule has 0 aliphatic rings. The van der Waals surface area contributed by atoms with Crippen LogP contribution in [-0.4, -0.2) is 35.1 Å². The molecule has 2 atom stereocenters. The Morgan fingerprint density at radius 3 is 1.64 bits per heavy atom. The van der Waals surface area contributed by atoms with Gasteiger partial charge in [0.15, 0.2) is 0 Å². The summed E-state index contributed by atoms with van der Waals surface area (Å²) in [6.07, 6.45) is -4.62. The van der Waals surface area contributed by atoms with E-state index >= 15 is 0 Å². The lowest BCUT2D eigenvalue weighted by Crippen LogP contribution is -2.33. The molecule has 0 rings (SSSR count). The molecular formula is C6H12F3NO4. The van der Waals surface area contributed by atoms with Gasteiger partial charge in [-0.2, -0.15) is 8.78 Å². The van der Waals surface area contributed by atoms with Gasteiger partial charge in [-0.1, -0.05) is 0 Å². The molecule has 0 bridgehead atoms. The average molecular weight is 219 g/mol. The van der Waals surface area contributed by atoms with E-state index in [1.165, 1.54) is 0 Å². The summed E-state index contributed by atoms with van der Waals surface area (Å²) in [5.74, 6) is -2.15. The second-order valence-corrected chi connectivity index (χ2v) is 2.22. The van der Waals surface area contributed by atoms with Crippen LogP contribution in [0.15, 0.2) is 0 Å². The van der Waals surface area contributed by atoms with Crippen LogP contribution in [0.3, 0.4) is 0 Å². The molecule has 0 aromatic rings. The third kappa shape index (κ3) is 13.7. The number of hydrogen-bond acceptors (Lipinski definition) is 5. The first-order valence-corrected chi connectivity index (χ1v) is 3.54. The molecule has 14 heavy (non-hydrogen) atoms. The van der Waals surface area contributed by atoms with E-state index in [4.69, 9.17) is 15.0 Å². The summed E-state index contributed by atoms with van der Waals surface area (Å²) in [6.45, 7) is 3.10. The lowest BCUT2D eigenvalue weighted by atomic mass is 10.6. The van der Waals surface area contributed by atoms with Crippen LogP contribution in [0.5, 0.6) is 0 Å². The topological polar surface area (TPSA) is 78.8 Å². The van der Waals surface area contributed by atoms with Crippen LogP contribution in [0.4, 0.5) is 13.3 Å². The summed E-state index contributed by atoms with van der Waals surface area (Å²) in [5.41, 5.74) is 0. The van der Waals surface area contributed by atoms with Crippen molar-refractivity contribution in [3.8, 4) is 0 Å². The van der Waals surface area contributed by atoms with Crippen molar-refractivity contribution in [3.05, 3.63) is 0 Å². The fourth-order valence-corrected chi connectivity index (χ4v) is 0.383. The molecule has 0 aliphatic heterocycles. The Morgan fingerprint density at radius 2 is 1.64 bits per heavy atom. The van der Waals surface area contributed by atoms with Crippen LogP contribution in [0.2, 0.25) is 0 Å². The Bertz CT molecular complexity index is 148. The maximum Gasteiger partial charge on any atom is 0.414 e. The molecular weight excluding hydrogens is 207 g/mol. The maximum absolute atomic E-state index is 10.7. The Kier molecular flexibility index (Phi) is 9.73. The monoisotopic (exact) mass is 219 g/mol. The molecule has 0 aliphatic carbocycles. The summed E-state index contributed by atoms with van der Waals surface area (Å²) >= 11 is 0. The van der Waals surface area contributed by atoms with E-state index in [-0.39, 0.29) is 0 Å². The van der Waals surface area contributed by atoms with Gasteiger partial charge in [-0.3, -0.25) is 5.32 Å². The molecule has 0 heterocycles. The van der Waals surface area contributed by atoms with Crippen LogP contribution >= 0.6 is 0 Å². The van der Waals surface area contributed by atoms with E-state index in [0.717, 1.165) is 0 Å². The van der Waals surface area contributed by atoms with Crippen molar-refractivity contribution in [1.29, 1.82) is 0 Å². The van der Waals surface area contributed by atoms with Gasteiger partial charge in [0.25, 0.3) is 0 Å². The molecule has 0 saturated carbocycles. The smallest absolute Gasteiger partial charge is 0.379 e. The average Bonchev–Trinajstić information content (AvgIpc) is 2.01. The molecule has 5 nitrogen and oxygen atoms in total. The first-order valence-electron chi connectivity index (χ1n) is 3.54. The third-order valence-corrected chi connectivity index (χ3v) is 0.737. The second kappa shape index (κ2) is 8.73. The third-order valence-electron chi connectivity index (χ3n) is 0.737. The van der Waals surface area contributed by atoms with Crippen molar-refractivity contribution in [3.63, 3.8) is 0 Å². The molecule has 0 aromatic heterocycles. The predicted molar refractivity (Wildman–Crippen MR) is 39.7 cm³/mol. The van der Waals surface area contributed by atoms with Crippen LogP contribution < -0.4 is 5.32 Å². The van der Waals surface area contributed by atoms with Crippen LogP contribution in [0.1, 0.15) is 13.8 Å². The molecule has 0 spiro atoms. The zero-order chi connectivity index (χ0) is 11.7. The predicted octanol–water partition coefficient (Wildman–Crippen LogP) is -0.0682. The van der Waals surface area contributed by atoms with E-state index in [9.17, 15) is 13.3 Å². The van der Waals surface area contributed by atoms with Gasteiger partial charge in [0.1, 0.15) is 12.5 Å². The van der Waals surface area contributed by atoms with E-state index in [1.807, 2.05) is 0 Å². The van der Waals surface area contributed by atoms with Gasteiger partial charge in [0, 0.05) is 4.53 Å². The number of halogens is 3. The van der Waals surface area contributed by atoms with E-state index in [1.54, 1.807) is 13.8 Å². The van der Waals surface area contributed by atoms with Gasteiger partial charge in [0.2, 0.25) is 0 Å². The minimum Gasteiger partial charge on any atom is -0.379 e. The van der Waals surface area contributed by atoms with E-state index in [0.29, 0.717) is 0 Å². The standard InChI is InChI=1S/C4H11NO2.C2HF3O2/c1-3(6)5-4(2)7;3-1(4)2(6)7-5/h3-7H,1-2H3;1H. The van der Waals surface area contributed by atoms with Crippen molar-refractivity contribution >= 4 is 5.97 Å². The largest absolute Gasteiger partial charge is 0.414 e. The lowest BCUT2D eigenvalue weighted by Gasteiger charge is -2.08. The first-order chi connectivity index (χ1) is 6.31. The summed E-state index contributed by atoms with van der Waals surface area (Å²) in [7, 11) is 0. The Morgan fingerprint density at radius 1 is 1.29 bits per heavy atom. The van der Waals surface area contributed by atoms with Crippen molar-refractivity contribution in [2.24, 2.45) is 0 Å². The van der Waals surface area contributed by atoms with Crippen LogP contribution in [0, 0.1) is 0 Å². The molecule has 0 amide bonds. The minimum atomic E-state index is -3.37. The summed E-state index contributed by atoms with van der Waals surface area (Å²) in [5, 5.41) is 19.3. The number of carbonyl (C=O) groups is 1. The number of nitrogens with one attached hydrogen (secondary N) is 1. The van der Waals surface area contributed by atoms with Crippen molar-refractivity contribution < 1.29 is 33.3 Å². The number of carbonyl (C=O) groups excluding carboxylic acids is 1. The molecule has 0 fully saturated rings. The van der Waals surface area contributed by atoms with Crippen LogP contribution in [0.25, 0.3) is 0 Å². The van der Waals surface area contributed by atoms with Gasteiger partial charge < -0.3 is 10.2 Å². The Labute approximate surface area is 78.4 Å². The number of alkyl halides is 2. The molecule has 3 N–H and O–H groups in total. The van der Waals surface area contributed by atoms with Gasteiger partial charge in [-0.25, -0.2) is 9.74 Å². The molecule has 0 saturated heterocycles. The van der Waals surface area contributed by atoms with Gasteiger partial charge in [0.05, 0.1) is 0 Å². The van der Waals surface area contributed by atoms with Gasteiger partial charge in [-0.05, 0) is 13.8 Å². The summed E-state index contributed by atoms with van der Waals surface area (Å²) in [6, 6.07) is 0. The van der Waals surface area contributed by atoms with E-state index in [2.05, 4.69) is 10.3 Å². The number of rotatable bonds is 3. The normalized spacial score (nSPS) is 14.0. The van der Waals surface area contributed by atoms with Gasteiger partial charge in [-0.15, -0.1) is 0 Å². The van der Waals surface area contributed by atoms with Gasteiger partial charge >= 0.3 is 12.4 Å². The maximum atomic E-state index is 10.7. The summed E-state index contributed by atoms with van der Waals surface area (Å²) in [4.78, 5) is 11.3. The Balaban J connectivity index is 0. The lowest BCUT2D eigenvalue weighted by molar-refractivity contribution is -0.196. The highest BCUT2D eigenvalue weighted by Crippen LogP contribution is 1.94. The van der Waals surface area contributed by atoms with Crippen LogP contribution in [-0.2, 0) is 9.74 Å². The number of aliphatic hydroxyl groups excluding tert-OH is 2. The van der Waals surface area contributed by atoms with Crippen molar-refractivity contribution in [1.82, 2.24) is 5.32 Å². The quantitative estimate of drug-likeness (QED) is 0.579. The Hall–Kier alpha value is -0.860. The zero-order valence-corrected chi connectivity index (χ0v) is 7.58. The molecule has 0 aromatic carbocycles. The molecule has 0 radical (unpaired) electrons. The highest BCUT2D eigenvalue weighted by Gasteiger charge is 2.16. The second-order valence-electron chi connectivity index (χ2n) is 2.22. The number of aliphatic hydroxyl groups is 2. The summed E-state index contributed by atoms with van der Waals surface area (Å²) < 4.78 is 31.7. The highest BCUT2D eigenvalue weighted by molar-refractivity contribution is 5.71. The highest BCUT2D eigenvalue weighted by atomic mass is 19.3. The zero-order valence-electron chi connectivity index (χ0n) is 7.58. The SMILES string of the molecule is CC(O)NC(C)O.O=C(OF)C(F)F. The molecule has 8 heteroatoms.